The maximum Gasteiger partial charge on any atom is 0.225 e. The fourth-order valence-electron chi connectivity index (χ4n) is 5.51. The average molecular weight is 490 g/mol. The highest BCUT2D eigenvalue weighted by Gasteiger charge is 2.30. The Kier molecular flexibility index (Phi) is 7.59. The van der Waals surface area contributed by atoms with E-state index in [1.54, 1.807) is 11.3 Å². The summed E-state index contributed by atoms with van der Waals surface area (Å²) >= 11 is 7.76. The number of piperidine rings is 1. The maximum atomic E-state index is 12.9. The van der Waals surface area contributed by atoms with Gasteiger partial charge < -0.3 is 14.2 Å². The van der Waals surface area contributed by atoms with Crippen LogP contribution in [0, 0.1) is 10.7 Å². The molecule has 1 amide bonds. The summed E-state index contributed by atoms with van der Waals surface area (Å²) in [7, 11) is 0. The summed E-state index contributed by atoms with van der Waals surface area (Å²) in [5, 5.41) is 7.17. The minimum Gasteiger partial charge on any atom is -0.378 e. The first-order valence-electron chi connectivity index (χ1n) is 12.5. The molecule has 0 bridgehead atoms. The van der Waals surface area contributed by atoms with Crippen molar-refractivity contribution in [2.75, 3.05) is 39.4 Å². The first kappa shape index (κ1) is 23.2. The van der Waals surface area contributed by atoms with Gasteiger partial charge in [0.15, 0.2) is 4.77 Å². The van der Waals surface area contributed by atoms with Crippen LogP contribution in [0.2, 0.25) is 0 Å². The van der Waals surface area contributed by atoms with Crippen LogP contribution in [-0.4, -0.2) is 69.4 Å². The zero-order valence-corrected chi connectivity index (χ0v) is 21.0. The molecule has 2 aliphatic heterocycles. The lowest BCUT2D eigenvalue weighted by molar-refractivity contribution is -0.141. The molecule has 1 aliphatic carbocycles. The zero-order chi connectivity index (χ0) is 22.6. The molecular formula is C24H35N5O2S2. The lowest BCUT2D eigenvalue weighted by atomic mass is 9.95. The quantitative estimate of drug-likeness (QED) is 0.572. The Bertz CT molecular complexity index is 966. The van der Waals surface area contributed by atoms with E-state index >= 15 is 0 Å². The highest BCUT2D eigenvalue weighted by atomic mass is 32.1. The summed E-state index contributed by atoms with van der Waals surface area (Å²) in [5.41, 5.74) is 0. The van der Waals surface area contributed by atoms with Crippen LogP contribution in [0.15, 0.2) is 17.5 Å². The maximum absolute atomic E-state index is 12.9. The van der Waals surface area contributed by atoms with E-state index in [4.69, 9.17) is 22.1 Å². The average Bonchev–Trinajstić information content (AvgIpc) is 3.48. The largest absolute Gasteiger partial charge is 0.378 e. The van der Waals surface area contributed by atoms with Gasteiger partial charge in [-0.15, -0.1) is 11.3 Å². The molecule has 1 saturated carbocycles. The van der Waals surface area contributed by atoms with E-state index in [9.17, 15) is 4.79 Å². The molecule has 2 aromatic rings. The van der Waals surface area contributed by atoms with Gasteiger partial charge in [-0.1, -0.05) is 25.3 Å². The molecule has 4 heterocycles. The smallest absolute Gasteiger partial charge is 0.225 e. The number of hydrogen-bond donors (Lipinski definition) is 0. The summed E-state index contributed by atoms with van der Waals surface area (Å²) in [4.78, 5) is 18.6. The molecular weight excluding hydrogens is 454 g/mol. The number of carbonyl (C=O) groups is 1. The summed E-state index contributed by atoms with van der Waals surface area (Å²) in [6.45, 7) is 5.35. The van der Waals surface area contributed by atoms with Crippen molar-refractivity contribution in [3.05, 3.63) is 33.0 Å². The van der Waals surface area contributed by atoms with Crippen LogP contribution in [0.25, 0.3) is 0 Å². The van der Waals surface area contributed by atoms with Crippen molar-refractivity contribution < 1.29 is 9.53 Å². The number of aromatic nitrogens is 3. The summed E-state index contributed by atoms with van der Waals surface area (Å²) in [5.74, 6) is 1.56. The van der Waals surface area contributed by atoms with Gasteiger partial charge in [-0.2, -0.15) is 5.10 Å². The van der Waals surface area contributed by atoms with Crippen LogP contribution < -0.4 is 0 Å². The van der Waals surface area contributed by atoms with Gasteiger partial charge in [-0.05, 0) is 49.3 Å². The van der Waals surface area contributed by atoms with E-state index in [2.05, 4.69) is 27.0 Å². The highest BCUT2D eigenvalue weighted by Crippen LogP contribution is 2.31. The molecule has 3 fully saturated rings. The third-order valence-electron chi connectivity index (χ3n) is 7.39. The number of thiophene rings is 1. The minimum atomic E-state index is 0.140. The van der Waals surface area contributed by atoms with Crippen molar-refractivity contribution in [2.24, 2.45) is 5.92 Å². The van der Waals surface area contributed by atoms with Crippen molar-refractivity contribution in [1.82, 2.24) is 24.1 Å². The van der Waals surface area contributed by atoms with Gasteiger partial charge in [-0.25, -0.2) is 4.68 Å². The third-order valence-corrected chi connectivity index (χ3v) is 8.67. The molecule has 2 aromatic heterocycles. The van der Waals surface area contributed by atoms with Crippen molar-refractivity contribution in [3.8, 4) is 0 Å². The van der Waals surface area contributed by atoms with Crippen LogP contribution in [-0.2, 0) is 22.6 Å². The van der Waals surface area contributed by atoms with Gasteiger partial charge in [0, 0.05) is 49.4 Å². The van der Waals surface area contributed by atoms with Crippen LogP contribution in [0.4, 0.5) is 0 Å². The number of amides is 1. The standard InChI is InChI=1S/C24H35N5O2S2/c30-23(27-12-14-31-15-13-27)19-8-10-26(11-9-19)18-28-24(32)29(20-5-2-1-3-6-20)22(25-28)17-21-7-4-16-33-21/h4,7,16,19-20H,1-3,5-6,8-15,17-18H2. The van der Waals surface area contributed by atoms with E-state index < -0.39 is 0 Å². The molecule has 180 valence electrons. The zero-order valence-electron chi connectivity index (χ0n) is 19.4. The third kappa shape index (κ3) is 5.42. The van der Waals surface area contributed by atoms with Crippen LogP contribution in [0.3, 0.4) is 0 Å². The van der Waals surface area contributed by atoms with Crippen LogP contribution >= 0.6 is 23.6 Å². The van der Waals surface area contributed by atoms with Crippen molar-refractivity contribution >= 4 is 29.5 Å². The second-order valence-corrected chi connectivity index (χ2v) is 11.0. The Balaban J connectivity index is 1.26. The minimum absolute atomic E-state index is 0.140. The normalized spacial score (nSPS) is 21.5. The number of carbonyl (C=O) groups excluding carboxylic acids is 1. The second kappa shape index (κ2) is 10.8. The molecule has 33 heavy (non-hydrogen) atoms. The summed E-state index contributed by atoms with van der Waals surface area (Å²) < 4.78 is 10.7. The molecule has 5 rings (SSSR count). The van der Waals surface area contributed by atoms with Gasteiger partial charge in [0.05, 0.1) is 19.9 Å². The first-order chi connectivity index (χ1) is 16.2. The van der Waals surface area contributed by atoms with E-state index in [1.165, 1.54) is 37.0 Å². The van der Waals surface area contributed by atoms with Gasteiger partial charge >= 0.3 is 0 Å². The topological polar surface area (TPSA) is 55.5 Å². The molecule has 9 heteroatoms. The van der Waals surface area contributed by atoms with Crippen molar-refractivity contribution in [1.29, 1.82) is 0 Å². The molecule has 0 unspecified atom stereocenters. The Hall–Kier alpha value is -1.55. The Morgan fingerprint density at radius 2 is 1.85 bits per heavy atom. The summed E-state index contributed by atoms with van der Waals surface area (Å²) in [6.07, 6.45) is 8.96. The van der Waals surface area contributed by atoms with Gasteiger partial charge in [-0.3, -0.25) is 9.69 Å². The predicted octanol–water partition coefficient (Wildman–Crippen LogP) is 4.10. The highest BCUT2D eigenvalue weighted by molar-refractivity contribution is 7.71. The Morgan fingerprint density at radius 3 is 2.55 bits per heavy atom. The van der Waals surface area contributed by atoms with Crippen LogP contribution in [0.5, 0.6) is 0 Å². The van der Waals surface area contributed by atoms with Crippen molar-refractivity contribution in [2.45, 2.75) is 64.1 Å². The number of hydrogen-bond acceptors (Lipinski definition) is 6. The first-order valence-corrected chi connectivity index (χ1v) is 13.8. The SMILES string of the molecule is O=C(C1CCN(Cn2nc(Cc3cccs3)n(C3CCCCC3)c2=S)CC1)N1CCOCC1. The van der Waals surface area contributed by atoms with Gasteiger partial charge in [0.2, 0.25) is 5.91 Å². The Morgan fingerprint density at radius 1 is 1.09 bits per heavy atom. The molecule has 7 nitrogen and oxygen atoms in total. The Labute approximate surface area is 205 Å². The van der Waals surface area contributed by atoms with E-state index in [1.807, 2.05) is 9.58 Å². The number of rotatable bonds is 6. The second-order valence-electron chi connectivity index (χ2n) is 9.59. The monoisotopic (exact) mass is 489 g/mol. The molecule has 0 aromatic carbocycles. The van der Waals surface area contributed by atoms with E-state index in [0.29, 0.717) is 31.8 Å². The predicted molar refractivity (Wildman–Crippen MR) is 132 cm³/mol. The van der Waals surface area contributed by atoms with Crippen LogP contribution in [0.1, 0.15) is 61.7 Å². The molecule has 3 aliphatic rings. The molecule has 0 N–H and O–H groups in total. The fraction of sp³-hybridized carbons (Fsp3) is 0.708. The number of likely N-dealkylation sites (tertiary alicyclic amines) is 1. The van der Waals surface area contributed by atoms with Gasteiger partial charge in [0.25, 0.3) is 0 Å². The van der Waals surface area contributed by atoms with Gasteiger partial charge in [0.1, 0.15) is 5.82 Å². The number of ether oxygens (including phenoxy) is 1. The molecule has 0 radical (unpaired) electrons. The van der Waals surface area contributed by atoms with E-state index in [0.717, 1.165) is 56.0 Å². The summed E-state index contributed by atoms with van der Waals surface area (Å²) in [6, 6.07) is 4.78. The molecule has 2 saturated heterocycles. The lowest BCUT2D eigenvalue weighted by Crippen LogP contribution is -2.47. The van der Waals surface area contributed by atoms with Crippen molar-refractivity contribution in [3.63, 3.8) is 0 Å². The van der Waals surface area contributed by atoms with E-state index in [-0.39, 0.29) is 5.92 Å². The molecule has 0 spiro atoms. The fourth-order valence-corrected chi connectivity index (χ4v) is 6.56. The lowest BCUT2D eigenvalue weighted by Gasteiger charge is -2.35. The molecule has 0 atom stereocenters. The number of nitrogens with zero attached hydrogens (tertiary/aromatic N) is 5. The number of morpholine rings is 1.